The molecule has 0 radical (unpaired) electrons. The normalized spacial score (nSPS) is 11.4. The Morgan fingerprint density at radius 1 is 1.15 bits per heavy atom. The van der Waals surface area contributed by atoms with Gasteiger partial charge >= 0.3 is 6.18 Å². The second-order valence-electron chi connectivity index (χ2n) is 2.58. The molecule has 1 rings (SSSR count). The smallest absolute Gasteiger partial charge is 0.302 e. The van der Waals surface area contributed by atoms with Gasteiger partial charge in [0.15, 0.2) is 0 Å². The fourth-order valence-corrected chi connectivity index (χ4v) is 0.904. The number of para-hydroxylation sites is 1. The quantitative estimate of drug-likeness (QED) is 0.570. The van der Waals surface area contributed by atoms with Crippen LogP contribution < -0.4 is 10.9 Å². The van der Waals surface area contributed by atoms with Gasteiger partial charge in [0.05, 0.1) is 5.69 Å². The molecule has 0 fully saturated rings. The van der Waals surface area contributed by atoms with E-state index in [1.165, 1.54) is 12.1 Å². The molecule has 2 nitrogen and oxygen atoms in total. The van der Waals surface area contributed by atoms with Crippen LogP contribution in [0.15, 0.2) is 30.3 Å². The molecule has 5 heteroatoms. The minimum Gasteiger partial charge on any atom is -0.302 e. The number of hydrogen-bond acceptors (Lipinski definition) is 2. The largest absolute Gasteiger partial charge is 0.407 e. The van der Waals surface area contributed by atoms with E-state index in [0.29, 0.717) is 10.7 Å². The lowest BCUT2D eigenvalue weighted by atomic mass is 10.3. The average molecular weight is 190 g/mol. The average Bonchev–Trinajstić information content (AvgIpc) is 2.03. The first-order valence-electron chi connectivity index (χ1n) is 3.63. The Morgan fingerprint density at radius 2 is 1.69 bits per heavy atom. The van der Waals surface area contributed by atoms with Crippen molar-refractivity contribution in [3.8, 4) is 0 Å². The van der Waals surface area contributed by atoms with Crippen LogP contribution in [0.2, 0.25) is 0 Å². The van der Waals surface area contributed by atoms with E-state index < -0.39 is 12.7 Å². The summed E-state index contributed by atoms with van der Waals surface area (Å²) < 4.78 is 35.6. The van der Waals surface area contributed by atoms with Crippen LogP contribution in [0.5, 0.6) is 0 Å². The molecule has 0 aliphatic rings. The van der Waals surface area contributed by atoms with Crippen molar-refractivity contribution in [2.45, 2.75) is 6.18 Å². The number of anilines is 1. The second kappa shape index (κ2) is 3.66. The molecule has 0 unspecified atom stereocenters. The van der Waals surface area contributed by atoms with Gasteiger partial charge < -0.3 is 5.01 Å². The van der Waals surface area contributed by atoms with Crippen LogP contribution in [0.1, 0.15) is 0 Å². The number of alkyl halides is 3. The highest BCUT2D eigenvalue weighted by Crippen LogP contribution is 2.18. The summed E-state index contributed by atoms with van der Waals surface area (Å²) in [5.41, 5.74) is 0.347. The van der Waals surface area contributed by atoms with Crippen molar-refractivity contribution in [2.75, 3.05) is 11.6 Å². The first kappa shape index (κ1) is 9.85. The van der Waals surface area contributed by atoms with Gasteiger partial charge in [-0.05, 0) is 12.1 Å². The van der Waals surface area contributed by atoms with Gasteiger partial charge in [-0.3, -0.25) is 0 Å². The van der Waals surface area contributed by atoms with Crippen molar-refractivity contribution >= 4 is 5.69 Å². The summed E-state index contributed by atoms with van der Waals surface area (Å²) in [4.78, 5) is 0. The zero-order valence-electron chi connectivity index (χ0n) is 6.75. The Labute approximate surface area is 73.7 Å². The van der Waals surface area contributed by atoms with Crippen LogP contribution >= 0.6 is 0 Å². The fraction of sp³-hybridized carbons (Fsp3) is 0.250. The molecule has 0 spiro atoms. The summed E-state index contributed by atoms with van der Waals surface area (Å²) >= 11 is 0. The minimum absolute atomic E-state index is 0.347. The van der Waals surface area contributed by atoms with Crippen LogP contribution in [0.3, 0.4) is 0 Å². The number of hydrazine groups is 1. The molecule has 1 aromatic rings. The van der Waals surface area contributed by atoms with Crippen molar-refractivity contribution in [1.82, 2.24) is 0 Å². The lowest BCUT2D eigenvalue weighted by Crippen LogP contribution is -2.39. The molecule has 0 saturated carbocycles. The summed E-state index contributed by atoms with van der Waals surface area (Å²) in [7, 11) is 0. The van der Waals surface area contributed by atoms with E-state index in [1.54, 1.807) is 18.2 Å². The van der Waals surface area contributed by atoms with E-state index in [4.69, 9.17) is 5.84 Å². The number of benzene rings is 1. The van der Waals surface area contributed by atoms with Crippen LogP contribution in [0.4, 0.5) is 18.9 Å². The molecular formula is C8H9F3N2. The Hall–Kier alpha value is -1.23. The van der Waals surface area contributed by atoms with Gasteiger partial charge in [0.25, 0.3) is 0 Å². The maximum Gasteiger partial charge on any atom is 0.407 e. The summed E-state index contributed by atoms with van der Waals surface area (Å²) in [5, 5.41) is 0.667. The monoisotopic (exact) mass is 190 g/mol. The van der Waals surface area contributed by atoms with Gasteiger partial charge in [0, 0.05) is 0 Å². The second-order valence-corrected chi connectivity index (χ2v) is 2.58. The first-order chi connectivity index (χ1) is 5.99. The van der Waals surface area contributed by atoms with Crippen LogP contribution in [-0.2, 0) is 0 Å². The fourth-order valence-electron chi connectivity index (χ4n) is 0.904. The molecule has 72 valence electrons. The van der Waals surface area contributed by atoms with Crippen LogP contribution in [0, 0.1) is 0 Å². The van der Waals surface area contributed by atoms with E-state index in [-0.39, 0.29) is 0 Å². The lowest BCUT2D eigenvalue weighted by Gasteiger charge is -2.19. The Balaban J connectivity index is 2.64. The van der Waals surface area contributed by atoms with Gasteiger partial charge in [-0.1, -0.05) is 18.2 Å². The van der Waals surface area contributed by atoms with Crippen molar-refractivity contribution in [2.24, 2.45) is 5.84 Å². The van der Waals surface area contributed by atoms with Crippen molar-refractivity contribution < 1.29 is 13.2 Å². The van der Waals surface area contributed by atoms with E-state index in [0.717, 1.165) is 0 Å². The Morgan fingerprint density at radius 3 is 2.15 bits per heavy atom. The summed E-state index contributed by atoms with van der Waals surface area (Å²) in [5.74, 6) is 5.19. The summed E-state index contributed by atoms with van der Waals surface area (Å²) in [6.45, 7) is -1.14. The molecule has 2 N–H and O–H groups in total. The SMILES string of the molecule is NN(CC(F)(F)F)c1ccccc1. The van der Waals surface area contributed by atoms with E-state index in [9.17, 15) is 13.2 Å². The van der Waals surface area contributed by atoms with Gasteiger partial charge in [-0.15, -0.1) is 0 Å². The molecule has 0 bridgehead atoms. The molecular weight excluding hydrogens is 181 g/mol. The van der Waals surface area contributed by atoms with Gasteiger partial charge in [-0.2, -0.15) is 13.2 Å². The van der Waals surface area contributed by atoms with E-state index >= 15 is 0 Å². The van der Waals surface area contributed by atoms with Crippen molar-refractivity contribution in [1.29, 1.82) is 0 Å². The van der Waals surface area contributed by atoms with Crippen LogP contribution in [-0.4, -0.2) is 12.7 Å². The highest BCUT2D eigenvalue weighted by atomic mass is 19.4. The number of hydrogen-bond donors (Lipinski definition) is 1. The van der Waals surface area contributed by atoms with E-state index in [1.807, 2.05) is 0 Å². The third-order valence-corrected chi connectivity index (χ3v) is 1.44. The topological polar surface area (TPSA) is 29.3 Å². The third kappa shape index (κ3) is 3.33. The first-order valence-corrected chi connectivity index (χ1v) is 3.63. The van der Waals surface area contributed by atoms with Crippen molar-refractivity contribution in [3.05, 3.63) is 30.3 Å². The molecule has 0 saturated heterocycles. The lowest BCUT2D eigenvalue weighted by molar-refractivity contribution is -0.119. The van der Waals surface area contributed by atoms with Gasteiger partial charge in [0.1, 0.15) is 6.54 Å². The minimum atomic E-state index is -4.27. The maximum atomic E-state index is 11.9. The Bertz CT molecular complexity index is 258. The van der Waals surface area contributed by atoms with Gasteiger partial charge in [0.2, 0.25) is 0 Å². The molecule has 0 atom stereocenters. The van der Waals surface area contributed by atoms with Gasteiger partial charge in [-0.25, -0.2) is 5.84 Å². The number of nitrogens with zero attached hydrogens (tertiary/aromatic N) is 1. The predicted octanol–water partition coefficient (Wildman–Crippen LogP) is 1.93. The maximum absolute atomic E-state index is 11.9. The third-order valence-electron chi connectivity index (χ3n) is 1.44. The number of rotatable bonds is 2. The standard InChI is InChI=1S/C8H9F3N2/c9-8(10,11)6-13(12)7-4-2-1-3-5-7/h1-5H,6,12H2. The van der Waals surface area contributed by atoms with Crippen LogP contribution in [0.25, 0.3) is 0 Å². The number of nitrogens with two attached hydrogens (primary N) is 1. The molecule has 0 heterocycles. The molecule has 0 aliphatic heterocycles. The molecule has 0 aromatic heterocycles. The van der Waals surface area contributed by atoms with Crippen molar-refractivity contribution in [3.63, 3.8) is 0 Å². The highest BCUT2D eigenvalue weighted by Gasteiger charge is 2.29. The summed E-state index contributed by atoms with van der Waals surface area (Å²) in [6, 6.07) is 8.01. The zero-order valence-corrected chi connectivity index (χ0v) is 6.75. The summed E-state index contributed by atoms with van der Waals surface area (Å²) in [6.07, 6.45) is -4.27. The molecule has 1 aromatic carbocycles. The highest BCUT2D eigenvalue weighted by molar-refractivity contribution is 5.44. The van der Waals surface area contributed by atoms with E-state index in [2.05, 4.69) is 0 Å². The predicted molar refractivity (Wildman–Crippen MR) is 44.0 cm³/mol. The molecule has 13 heavy (non-hydrogen) atoms. The number of halogens is 3. The molecule has 0 aliphatic carbocycles. The molecule has 0 amide bonds. The zero-order chi connectivity index (χ0) is 9.90. The Kier molecular flexibility index (Phi) is 2.77.